The molecule has 3 aromatic rings. The lowest BCUT2D eigenvalue weighted by molar-refractivity contribution is 0.0526. The third-order valence-corrected chi connectivity index (χ3v) is 7.44. The fourth-order valence-electron chi connectivity index (χ4n) is 3.82. The zero-order valence-electron chi connectivity index (χ0n) is 17.7. The summed E-state index contributed by atoms with van der Waals surface area (Å²) >= 11 is 0. The molecule has 1 saturated heterocycles. The van der Waals surface area contributed by atoms with Crippen molar-refractivity contribution in [2.45, 2.75) is 18.4 Å². The normalized spacial score (nSPS) is 15.7. The van der Waals surface area contributed by atoms with Crippen molar-refractivity contribution in [3.63, 3.8) is 0 Å². The molecule has 1 aliphatic heterocycles. The van der Waals surface area contributed by atoms with Gasteiger partial charge in [0, 0.05) is 44.3 Å². The van der Waals surface area contributed by atoms with Crippen LogP contribution in [0.25, 0.3) is 10.9 Å². The number of aromatic nitrogens is 1. The highest BCUT2D eigenvalue weighted by atomic mass is 32.2. The first kappa shape index (κ1) is 22.3. The van der Waals surface area contributed by atoms with Crippen molar-refractivity contribution in [3.8, 4) is 0 Å². The van der Waals surface area contributed by atoms with Crippen molar-refractivity contribution in [2.24, 2.45) is 0 Å². The van der Waals surface area contributed by atoms with E-state index in [4.69, 9.17) is 4.74 Å². The molecule has 0 spiro atoms. The van der Waals surface area contributed by atoms with Crippen molar-refractivity contribution in [3.05, 3.63) is 71.7 Å². The molecule has 0 radical (unpaired) electrons. The zero-order chi connectivity index (χ0) is 22.7. The van der Waals surface area contributed by atoms with Crippen LogP contribution in [0, 0.1) is 5.82 Å². The molecule has 0 amide bonds. The molecule has 4 rings (SSSR count). The number of pyridine rings is 1. The molecule has 32 heavy (non-hydrogen) atoms. The largest absolute Gasteiger partial charge is 0.462 e. The van der Waals surface area contributed by atoms with E-state index in [1.807, 2.05) is 0 Å². The molecule has 0 saturated carbocycles. The number of ether oxygens (including phenoxy) is 1. The molecule has 1 fully saturated rings. The maximum Gasteiger partial charge on any atom is 0.338 e. The Morgan fingerprint density at radius 2 is 1.78 bits per heavy atom. The first-order valence-electron chi connectivity index (χ1n) is 10.4. The van der Waals surface area contributed by atoms with E-state index in [0.29, 0.717) is 49.2 Å². The Hall–Kier alpha value is -2.88. The van der Waals surface area contributed by atoms with Gasteiger partial charge in [0.25, 0.3) is 0 Å². The van der Waals surface area contributed by atoms with E-state index < -0.39 is 16.0 Å². The summed E-state index contributed by atoms with van der Waals surface area (Å²) in [7, 11) is -3.66. The van der Waals surface area contributed by atoms with Crippen LogP contribution in [-0.2, 0) is 21.3 Å². The minimum Gasteiger partial charge on any atom is -0.462 e. The maximum atomic E-state index is 14.0. The Morgan fingerprint density at radius 1 is 1.06 bits per heavy atom. The van der Waals surface area contributed by atoms with Crippen LogP contribution in [0.3, 0.4) is 0 Å². The maximum absolute atomic E-state index is 14.0. The number of fused-ring (bicyclic) bond motifs is 1. The van der Waals surface area contributed by atoms with Crippen molar-refractivity contribution >= 4 is 26.9 Å². The van der Waals surface area contributed by atoms with E-state index in [9.17, 15) is 17.6 Å². The zero-order valence-corrected chi connectivity index (χ0v) is 18.5. The number of piperazine rings is 1. The third-order valence-electron chi connectivity index (χ3n) is 5.53. The monoisotopic (exact) mass is 457 g/mol. The smallest absolute Gasteiger partial charge is 0.338 e. The van der Waals surface area contributed by atoms with Crippen molar-refractivity contribution in [2.75, 3.05) is 32.8 Å². The SMILES string of the molecule is CCOC(=O)c1ccc(S(=O)(=O)N2CCN(Cc3ccc(F)c4cccnc34)CC2)cc1. The molecular weight excluding hydrogens is 433 g/mol. The van der Waals surface area contributed by atoms with E-state index in [1.165, 1.54) is 34.6 Å². The van der Waals surface area contributed by atoms with E-state index in [-0.39, 0.29) is 17.3 Å². The van der Waals surface area contributed by atoms with Crippen LogP contribution in [0.15, 0.2) is 59.6 Å². The second-order valence-corrected chi connectivity index (χ2v) is 9.47. The lowest BCUT2D eigenvalue weighted by Gasteiger charge is -2.34. The third kappa shape index (κ3) is 4.50. The molecule has 2 heterocycles. The van der Waals surface area contributed by atoms with Gasteiger partial charge in [-0.05, 0) is 55.0 Å². The predicted octanol–water partition coefficient (Wildman–Crippen LogP) is 3.06. The van der Waals surface area contributed by atoms with Gasteiger partial charge in [0.2, 0.25) is 10.0 Å². The molecule has 0 aliphatic carbocycles. The summed E-state index contributed by atoms with van der Waals surface area (Å²) in [6.45, 7) is 4.31. The Kier molecular flexibility index (Phi) is 6.50. The van der Waals surface area contributed by atoms with E-state index >= 15 is 0 Å². The van der Waals surface area contributed by atoms with Crippen LogP contribution >= 0.6 is 0 Å². The molecule has 0 N–H and O–H groups in total. The van der Waals surface area contributed by atoms with Gasteiger partial charge >= 0.3 is 5.97 Å². The van der Waals surface area contributed by atoms with Crippen molar-refractivity contribution in [1.82, 2.24) is 14.2 Å². The van der Waals surface area contributed by atoms with Crippen LogP contribution in [0.4, 0.5) is 4.39 Å². The molecule has 0 unspecified atom stereocenters. The summed E-state index contributed by atoms with van der Waals surface area (Å²) in [4.78, 5) is 18.4. The van der Waals surface area contributed by atoms with Gasteiger partial charge < -0.3 is 4.74 Å². The summed E-state index contributed by atoms with van der Waals surface area (Å²) in [5.74, 6) is -0.783. The molecule has 0 atom stereocenters. The number of sulfonamides is 1. The topological polar surface area (TPSA) is 79.8 Å². The highest BCUT2D eigenvalue weighted by Crippen LogP contribution is 2.23. The number of halogens is 1. The number of rotatable bonds is 6. The molecule has 1 aromatic heterocycles. The van der Waals surface area contributed by atoms with Gasteiger partial charge in [-0.3, -0.25) is 9.88 Å². The lowest BCUT2D eigenvalue weighted by atomic mass is 10.1. The molecule has 9 heteroatoms. The van der Waals surface area contributed by atoms with Crippen LogP contribution < -0.4 is 0 Å². The van der Waals surface area contributed by atoms with E-state index in [0.717, 1.165) is 5.56 Å². The minimum atomic E-state index is -3.66. The number of benzene rings is 2. The summed E-state index contributed by atoms with van der Waals surface area (Å²) in [5, 5.41) is 0.484. The number of hydrogen-bond donors (Lipinski definition) is 0. The van der Waals surface area contributed by atoms with E-state index in [2.05, 4.69) is 9.88 Å². The quantitative estimate of drug-likeness (QED) is 0.530. The van der Waals surface area contributed by atoms with Crippen molar-refractivity contribution in [1.29, 1.82) is 0 Å². The Bertz CT molecular complexity index is 1220. The number of nitrogens with zero attached hydrogens (tertiary/aromatic N) is 3. The van der Waals surface area contributed by atoms with Gasteiger partial charge in [0.1, 0.15) is 5.82 Å². The Balaban J connectivity index is 1.42. The molecular formula is C23H24FN3O4S. The number of esters is 1. The highest BCUT2D eigenvalue weighted by molar-refractivity contribution is 7.89. The molecule has 1 aliphatic rings. The summed E-state index contributed by atoms with van der Waals surface area (Å²) in [5.41, 5.74) is 1.85. The van der Waals surface area contributed by atoms with Gasteiger partial charge in [0.05, 0.1) is 22.6 Å². The molecule has 2 aromatic carbocycles. The summed E-state index contributed by atoms with van der Waals surface area (Å²) in [6, 6.07) is 12.4. The molecule has 0 bridgehead atoms. The summed E-state index contributed by atoms with van der Waals surface area (Å²) < 4.78 is 46.4. The average Bonchev–Trinajstić information content (AvgIpc) is 2.82. The second-order valence-electron chi connectivity index (χ2n) is 7.53. The van der Waals surface area contributed by atoms with Gasteiger partial charge in [-0.2, -0.15) is 4.31 Å². The minimum absolute atomic E-state index is 0.146. The highest BCUT2D eigenvalue weighted by Gasteiger charge is 2.29. The fourth-order valence-corrected chi connectivity index (χ4v) is 5.24. The van der Waals surface area contributed by atoms with Crippen molar-refractivity contribution < 1.29 is 22.3 Å². The number of hydrogen-bond acceptors (Lipinski definition) is 6. The van der Waals surface area contributed by atoms with Crippen LogP contribution in [-0.4, -0.2) is 61.4 Å². The van der Waals surface area contributed by atoms with Gasteiger partial charge in [0.15, 0.2) is 0 Å². The molecule has 7 nitrogen and oxygen atoms in total. The Morgan fingerprint density at radius 3 is 2.47 bits per heavy atom. The number of carbonyl (C=O) groups is 1. The van der Waals surface area contributed by atoms with Gasteiger partial charge in [-0.1, -0.05) is 6.07 Å². The Labute approximate surface area is 186 Å². The fraction of sp³-hybridized carbons (Fsp3) is 0.304. The number of carbonyl (C=O) groups excluding carboxylic acids is 1. The van der Waals surface area contributed by atoms with Gasteiger partial charge in [-0.25, -0.2) is 17.6 Å². The van der Waals surface area contributed by atoms with Crippen LogP contribution in [0.2, 0.25) is 0 Å². The van der Waals surface area contributed by atoms with Crippen LogP contribution in [0.1, 0.15) is 22.8 Å². The van der Waals surface area contributed by atoms with Crippen LogP contribution in [0.5, 0.6) is 0 Å². The standard InChI is InChI=1S/C23H24FN3O4S/c1-2-31-23(28)17-5-8-19(9-6-17)32(29,30)27-14-12-26(13-15-27)16-18-7-10-21(24)20-4-3-11-25-22(18)20/h3-11H,2,12-16H2,1H3. The average molecular weight is 458 g/mol. The first-order chi connectivity index (χ1) is 15.4. The lowest BCUT2D eigenvalue weighted by Crippen LogP contribution is -2.48. The summed E-state index contributed by atoms with van der Waals surface area (Å²) in [6.07, 6.45) is 1.64. The van der Waals surface area contributed by atoms with E-state index in [1.54, 1.807) is 31.3 Å². The predicted molar refractivity (Wildman–Crippen MR) is 118 cm³/mol. The second kappa shape index (κ2) is 9.32. The first-order valence-corrected chi connectivity index (χ1v) is 11.9. The molecule has 168 valence electrons. The van der Waals surface area contributed by atoms with Gasteiger partial charge in [-0.15, -0.1) is 0 Å².